The van der Waals surface area contributed by atoms with Gasteiger partial charge in [-0.25, -0.2) is 4.79 Å². The minimum atomic E-state index is -1.68. The third kappa shape index (κ3) is 6.75. The molecule has 36 heavy (non-hydrogen) atoms. The van der Waals surface area contributed by atoms with E-state index in [-0.39, 0.29) is 18.5 Å². The summed E-state index contributed by atoms with van der Waals surface area (Å²) in [6, 6.07) is 18.3. The summed E-state index contributed by atoms with van der Waals surface area (Å²) < 4.78 is 1.03. The maximum absolute atomic E-state index is 13.5. The topological polar surface area (TPSA) is 135 Å². The van der Waals surface area contributed by atoms with Crippen LogP contribution in [-0.2, 0) is 32.0 Å². The molecule has 0 bridgehead atoms. The summed E-state index contributed by atoms with van der Waals surface area (Å²) in [5.41, 5.74) is 1.29. The predicted molar refractivity (Wildman–Crippen MR) is 134 cm³/mol. The molecular formula is C27H27N3O6. The Balaban J connectivity index is 1.98. The first kappa shape index (κ1) is 26.1. The Labute approximate surface area is 207 Å². The van der Waals surface area contributed by atoms with Crippen LogP contribution in [0.1, 0.15) is 36.2 Å². The van der Waals surface area contributed by atoms with Crippen LogP contribution in [0.4, 0.5) is 5.69 Å². The summed E-state index contributed by atoms with van der Waals surface area (Å²) >= 11 is 0. The van der Waals surface area contributed by atoms with Crippen LogP contribution in [0.25, 0.3) is 0 Å². The number of anilines is 1. The van der Waals surface area contributed by atoms with Crippen molar-refractivity contribution >= 4 is 29.8 Å². The number of carboxylic acids is 1. The molecule has 3 aromatic rings. The van der Waals surface area contributed by atoms with Gasteiger partial charge < -0.3 is 20.5 Å². The van der Waals surface area contributed by atoms with Crippen LogP contribution in [0.15, 0.2) is 77.6 Å². The molecule has 9 nitrogen and oxygen atoms in total. The van der Waals surface area contributed by atoms with E-state index in [2.05, 4.69) is 10.6 Å². The number of carbonyl (C=O) groups excluding carboxylic acids is 3. The van der Waals surface area contributed by atoms with Gasteiger partial charge in [-0.1, -0.05) is 60.7 Å². The first-order chi connectivity index (χ1) is 17.3. The van der Waals surface area contributed by atoms with E-state index >= 15 is 0 Å². The zero-order valence-corrected chi connectivity index (χ0v) is 19.7. The number of aliphatic carboxylic acids is 1. The largest absolute Gasteiger partial charge is 0.480 e. The van der Waals surface area contributed by atoms with Crippen LogP contribution in [0, 0.1) is 0 Å². The molecule has 0 saturated carbocycles. The Hall–Kier alpha value is -4.53. The Bertz CT molecular complexity index is 1290. The van der Waals surface area contributed by atoms with E-state index in [1.807, 2.05) is 60.7 Å². The predicted octanol–water partition coefficient (Wildman–Crippen LogP) is 2.34. The van der Waals surface area contributed by atoms with E-state index < -0.39 is 35.4 Å². The Morgan fingerprint density at radius 1 is 0.944 bits per heavy atom. The molecule has 1 unspecified atom stereocenters. The smallest absolute Gasteiger partial charge is 0.328 e. The summed E-state index contributed by atoms with van der Waals surface area (Å²) in [6.45, 7) is 1.12. The van der Waals surface area contributed by atoms with E-state index in [1.54, 1.807) is 6.07 Å². The first-order valence-electron chi connectivity index (χ1n) is 11.4. The molecular weight excluding hydrogens is 462 g/mol. The second-order valence-electron chi connectivity index (χ2n) is 8.25. The number of hydrogen-bond acceptors (Lipinski definition) is 5. The van der Waals surface area contributed by atoms with Gasteiger partial charge in [0.05, 0.1) is 0 Å². The second kappa shape index (κ2) is 12.3. The molecule has 0 fully saturated rings. The van der Waals surface area contributed by atoms with Crippen molar-refractivity contribution in [3.05, 3.63) is 100.0 Å². The molecule has 9 heteroatoms. The van der Waals surface area contributed by atoms with Crippen molar-refractivity contribution in [2.75, 3.05) is 5.32 Å². The Morgan fingerprint density at radius 3 is 2.11 bits per heavy atom. The van der Waals surface area contributed by atoms with Gasteiger partial charge in [0.1, 0.15) is 18.0 Å². The number of nitrogens with one attached hydrogen (secondary N) is 2. The molecule has 3 N–H and O–H groups in total. The van der Waals surface area contributed by atoms with Crippen LogP contribution in [-0.4, -0.2) is 39.8 Å². The van der Waals surface area contributed by atoms with Gasteiger partial charge in [0, 0.05) is 25.5 Å². The van der Waals surface area contributed by atoms with Crippen molar-refractivity contribution in [3.63, 3.8) is 0 Å². The van der Waals surface area contributed by atoms with E-state index in [0.717, 1.165) is 22.6 Å². The third-order valence-corrected chi connectivity index (χ3v) is 5.59. The number of rotatable bonds is 11. The van der Waals surface area contributed by atoms with Gasteiger partial charge in [-0.3, -0.25) is 19.0 Å². The summed E-state index contributed by atoms with van der Waals surface area (Å²) in [7, 11) is 0. The molecule has 1 heterocycles. The van der Waals surface area contributed by atoms with Crippen LogP contribution in [0.3, 0.4) is 0 Å². The Kier molecular flexibility index (Phi) is 8.88. The number of aromatic nitrogens is 1. The van der Waals surface area contributed by atoms with Crippen LogP contribution < -0.4 is 16.2 Å². The van der Waals surface area contributed by atoms with Gasteiger partial charge in [-0.05, 0) is 29.7 Å². The second-order valence-corrected chi connectivity index (χ2v) is 8.25. The number of pyridine rings is 1. The minimum Gasteiger partial charge on any atom is -0.480 e. The summed E-state index contributed by atoms with van der Waals surface area (Å²) in [5, 5.41) is 14.5. The van der Waals surface area contributed by atoms with Crippen molar-refractivity contribution in [3.8, 4) is 0 Å². The maximum Gasteiger partial charge on any atom is 0.328 e. The lowest BCUT2D eigenvalue weighted by Crippen LogP contribution is -2.49. The van der Waals surface area contributed by atoms with Gasteiger partial charge in [0.25, 0.3) is 5.56 Å². The summed E-state index contributed by atoms with van der Waals surface area (Å²) in [6.07, 6.45) is 1.12. The molecule has 0 spiro atoms. The van der Waals surface area contributed by atoms with E-state index in [1.165, 1.54) is 6.07 Å². The van der Waals surface area contributed by atoms with Crippen LogP contribution in [0.2, 0.25) is 0 Å². The number of benzene rings is 2. The minimum absolute atomic E-state index is 0.0938. The lowest BCUT2D eigenvalue weighted by Gasteiger charge is -2.25. The normalized spacial score (nSPS) is 12.2. The van der Waals surface area contributed by atoms with Crippen molar-refractivity contribution in [2.24, 2.45) is 0 Å². The van der Waals surface area contributed by atoms with Crippen molar-refractivity contribution in [1.82, 2.24) is 9.88 Å². The lowest BCUT2D eigenvalue weighted by molar-refractivity contribution is -0.144. The van der Waals surface area contributed by atoms with Gasteiger partial charge >= 0.3 is 5.97 Å². The summed E-state index contributed by atoms with van der Waals surface area (Å²) in [5.74, 6) is -2.55. The average Bonchev–Trinajstić information content (AvgIpc) is 2.86. The Morgan fingerprint density at radius 2 is 1.56 bits per heavy atom. The number of carbonyl (C=O) groups is 4. The maximum atomic E-state index is 13.5. The molecule has 3 rings (SSSR count). The van der Waals surface area contributed by atoms with Crippen molar-refractivity contribution < 1.29 is 24.3 Å². The van der Waals surface area contributed by atoms with Crippen LogP contribution in [0.5, 0.6) is 0 Å². The lowest BCUT2D eigenvalue weighted by atomic mass is 10.0. The number of nitrogens with zero attached hydrogens (tertiary/aromatic N) is 1. The molecule has 2 amide bonds. The molecule has 0 aliphatic rings. The quantitative estimate of drug-likeness (QED) is 0.354. The van der Waals surface area contributed by atoms with Gasteiger partial charge in [0.15, 0.2) is 6.04 Å². The van der Waals surface area contributed by atoms with E-state index in [9.17, 15) is 29.1 Å². The molecule has 0 aliphatic heterocycles. The molecule has 0 radical (unpaired) electrons. The monoisotopic (exact) mass is 489 g/mol. The standard InChI is InChI=1S/C27H27N3O6/c1-18(32)28-25(27(35)36)23(17-31)30-21(16-20-10-6-3-7-11-20)13-14-22(26(30)34)29-24(33)15-12-19-8-4-2-5-9-19/h2-11,13-14,17,23,25H,12,15-16H2,1H3,(H,28,32)(H,29,33)(H,35,36)/t23?,25-/m0/s1. The highest BCUT2D eigenvalue weighted by molar-refractivity contribution is 5.91. The molecule has 2 aromatic carbocycles. The van der Waals surface area contributed by atoms with E-state index in [4.69, 9.17) is 0 Å². The van der Waals surface area contributed by atoms with Gasteiger partial charge in [0.2, 0.25) is 11.8 Å². The number of aldehydes is 1. The van der Waals surface area contributed by atoms with Gasteiger partial charge in [-0.15, -0.1) is 0 Å². The molecule has 0 aliphatic carbocycles. The highest BCUT2D eigenvalue weighted by Gasteiger charge is 2.33. The van der Waals surface area contributed by atoms with Crippen LogP contribution >= 0.6 is 0 Å². The fraction of sp³-hybridized carbons (Fsp3) is 0.222. The molecule has 2 atom stereocenters. The number of amides is 2. The highest BCUT2D eigenvalue weighted by atomic mass is 16.4. The SMILES string of the molecule is CC(=O)N[C@H](C(=O)O)C(C=O)n1c(Cc2ccccc2)ccc(NC(=O)CCc2ccccc2)c1=O. The van der Waals surface area contributed by atoms with Gasteiger partial charge in [-0.2, -0.15) is 0 Å². The fourth-order valence-corrected chi connectivity index (χ4v) is 3.88. The van der Waals surface area contributed by atoms with Crippen molar-refractivity contribution in [2.45, 2.75) is 38.3 Å². The highest BCUT2D eigenvalue weighted by Crippen LogP contribution is 2.18. The molecule has 1 aromatic heterocycles. The zero-order chi connectivity index (χ0) is 26.1. The zero-order valence-electron chi connectivity index (χ0n) is 19.7. The molecule has 0 saturated heterocycles. The summed E-state index contributed by atoms with van der Waals surface area (Å²) in [4.78, 5) is 61.7. The number of aryl methyl sites for hydroxylation is 1. The van der Waals surface area contributed by atoms with E-state index in [0.29, 0.717) is 18.4 Å². The number of hydrogen-bond donors (Lipinski definition) is 3. The third-order valence-electron chi connectivity index (χ3n) is 5.59. The average molecular weight is 490 g/mol. The fourth-order valence-electron chi connectivity index (χ4n) is 3.88. The first-order valence-corrected chi connectivity index (χ1v) is 11.4. The van der Waals surface area contributed by atoms with Crippen molar-refractivity contribution in [1.29, 1.82) is 0 Å². The molecule has 186 valence electrons. The number of carboxylic acid groups (broad SMARTS) is 1.